The van der Waals surface area contributed by atoms with Gasteiger partial charge in [0, 0.05) is 30.8 Å². The van der Waals surface area contributed by atoms with Gasteiger partial charge in [0.15, 0.2) is 0 Å². The number of benzene rings is 3. The van der Waals surface area contributed by atoms with E-state index in [2.05, 4.69) is 15.3 Å². The molecule has 1 amide bonds. The van der Waals surface area contributed by atoms with Gasteiger partial charge in [0.05, 0.1) is 10.9 Å². The second-order valence-corrected chi connectivity index (χ2v) is 9.11. The number of carboxylic acids is 2. The molecule has 0 aliphatic carbocycles. The lowest BCUT2D eigenvalue weighted by molar-refractivity contribution is -0.143. The van der Waals surface area contributed by atoms with Crippen LogP contribution in [0, 0.1) is 6.92 Å². The van der Waals surface area contributed by atoms with E-state index in [1.165, 1.54) is 4.90 Å². The Labute approximate surface area is 210 Å². The molecule has 3 aromatic carbocycles. The largest absolute Gasteiger partial charge is 0.481 e. The van der Waals surface area contributed by atoms with Crippen molar-refractivity contribution in [2.75, 3.05) is 5.32 Å². The number of carbonyl (C=O) groups is 3. The van der Waals surface area contributed by atoms with Crippen molar-refractivity contribution in [1.82, 2.24) is 14.9 Å². The number of aryl methyl sites for hydroxylation is 1. The molecule has 0 radical (unpaired) electrons. The summed E-state index contributed by atoms with van der Waals surface area (Å²) in [6.07, 6.45) is -0.503. The highest BCUT2D eigenvalue weighted by Gasteiger charge is 2.36. The molecule has 0 fully saturated rings. The van der Waals surface area contributed by atoms with Gasteiger partial charge in [-0.15, -0.1) is 0 Å². The Kier molecular flexibility index (Phi) is 6.08. The van der Waals surface area contributed by atoms with Crippen LogP contribution in [0.4, 0.5) is 5.69 Å². The van der Waals surface area contributed by atoms with Gasteiger partial charge < -0.3 is 25.4 Å². The number of aromatic nitrogens is 2. The van der Waals surface area contributed by atoms with Crippen LogP contribution in [0.5, 0.6) is 0 Å². The average Bonchev–Trinajstić information content (AvgIpc) is 3.17. The molecule has 0 bridgehead atoms. The zero-order chi connectivity index (χ0) is 26.3. The van der Waals surface area contributed by atoms with Crippen molar-refractivity contribution in [3.05, 3.63) is 81.4 Å². The maximum absolute atomic E-state index is 12.8. The van der Waals surface area contributed by atoms with Crippen LogP contribution in [0.2, 0.25) is 0 Å². The van der Waals surface area contributed by atoms with E-state index < -0.39 is 23.9 Å². The molecular weight excluding hydrogens is 476 g/mol. The number of nitrogens with one attached hydrogen (secondary N) is 2. The zero-order valence-electron chi connectivity index (χ0n) is 19.9. The van der Waals surface area contributed by atoms with Gasteiger partial charge in [-0.25, -0.2) is 9.78 Å². The third-order valence-corrected chi connectivity index (χ3v) is 6.60. The van der Waals surface area contributed by atoms with Gasteiger partial charge in [0.1, 0.15) is 11.9 Å². The van der Waals surface area contributed by atoms with Gasteiger partial charge in [-0.2, -0.15) is 0 Å². The number of rotatable bonds is 8. The Morgan fingerprint density at radius 2 is 1.89 bits per heavy atom. The van der Waals surface area contributed by atoms with Gasteiger partial charge in [-0.1, -0.05) is 18.2 Å². The van der Waals surface area contributed by atoms with Crippen molar-refractivity contribution in [2.24, 2.45) is 0 Å². The van der Waals surface area contributed by atoms with Crippen LogP contribution in [0.3, 0.4) is 0 Å². The number of anilines is 1. The number of hydrogen-bond donors (Lipinski definition) is 4. The van der Waals surface area contributed by atoms with Crippen molar-refractivity contribution in [1.29, 1.82) is 0 Å². The summed E-state index contributed by atoms with van der Waals surface area (Å²) < 4.78 is 0. The molecule has 188 valence electrons. The number of hydrogen-bond acceptors (Lipinski definition) is 6. The lowest BCUT2D eigenvalue weighted by atomic mass is 10.0. The van der Waals surface area contributed by atoms with E-state index in [-0.39, 0.29) is 24.9 Å². The molecular formula is C27H24N4O6. The third-order valence-electron chi connectivity index (χ3n) is 6.60. The number of carboxylic acid groups (broad SMARTS) is 2. The molecule has 0 saturated heterocycles. The number of carbonyl (C=O) groups excluding carboxylic acids is 1. The number of aromatic amines is 1. The maximum atomic E-state index is 12.8. The Morgan fingerprint density at radius 3 is 2.65 bits per heavy atom. The molecule has 1 aliphatic heterocycles. The first kappa shape index (κ1) is 24.0. The van der Waals surface area contributed by atoms with E-state index in [1.54, 1.807) is 25.1 Å². The molecule has 0 saturated carbocycles. The molecule has 5 rings (SSSR count). The molecule has 0 unspecified atom stereocenters. The number of nitrogens with zero attached hydrogens (tertiary/aromatic N) is 2. The van der Waals surface area contributed by atoms with Crippen LogP contribution in [-0.4, -0.2) is 49.0 Å². The van der Waals surface area contributed by atoms with Crippen molar-refractivity contribution in [2.45, 2.75) is 38.9 Å². The summed E-state index contributed by atoms with van der Waals surface area (Å²) in [5, 5.41) is 24.1. The molecule has 4 aromatic rings. The normalized spacial score (nSPS) is 13.6. The van der Waals surface area contributed by atoms with Crippen LogP contribution in [0.25, 0.3) is 21.7 Å². The van der Waals surface area contributed by atoms with E-state index in [0.29, 0.717) is 34.4 Å². The molecule has 1 aliphatic rings. The summed E-state index contributed by atoms with van der Waals surface area (Å²) in [4.78, 5) is 56.5. The van der Waals surface area contributed by atoms with Crippen LogP contribution in [-0.2, 0) is 22.7 Å². The third kappa shape index (κ3) is 4.61. The Morgan fingerprint density at radius 1 is 1.11 bits per heavy atom. The predicted molar refractivity (Wildman–Crippen MR) is 137 cm³/mol. The maximum Gasteiger partial charge on any atom is 0.326 e. The second kappa shape index (κ2) is 9.38. The minimum absolute atomic E-state index is 0.0947. The van der Waals surface area contributed by atoms with Crippen LogP contribution >= 0.6 is 0 Å². The fourth-order valence-electron chi connectivity index (χ4n) is 4.81. The molecule has 0 spiro atoms. The fraction of sp³-hybridized carbons (Fsp3) is 0.222. The standard InChI is InChI=1S/C27H24N4O6/c1-14-29-21-7-4-16-3-2-15(10-20(16)24(21)25(34)30-14)12-28-18-5-6-19-17(11-18)13-31(26(19)35)22(27(36)37)8-9-23(32)33/h2-7,10-11,22,28H,8-9,12-13H2,1H3,(H,32,33)(H,36,37)(H,29,30,34)/t22-/m1/s1. The highest BCUT2D eigenvalue weighted by molar-refractivity contribution is 6.06. The molecule has 10 nitrogen and oxygen atoms in total. The molecule has 37 heavy (non-hydrogen) atoms. The number of amides is 1. The lowest BCUT2D eigenvalue weighted by Gasteiger charge is -2.23. The topological polar surface area (TPSA) is 153 Å². The molecule has 1 aromatic heterocycles. The second-order valence-electron chi connectivity index (χ2n) is 9.11. The Balaban J connectivity index is 1.36. The SMILES string of the molecule is Cc1nc2ccc3ccc(CNc4ccc5c(c4)CN([C@H](CCC(=O)O)C(=O)O)C5=O)cc3c2c(=O)[nH]1. The molecule has 10 heteroatoms. The van der Waals surface area contributed by atoms with Crippen LogP contribution in [0.15, 0.2) is 53.3 Å². The van der Waals surface area contributed by atoms with E-state index in [4.69, 9.17) is 5.11 Å². The van der Waals surface area contributed by atoms with E-state index >= 15 is 0 Å². The van der Waals surface area contributed by atoms with Crippen LogP contribution < -0.4 is 10.9 Å². The van der Waals surface area contributed by atoms with E-state index in [0.717, 1.165) is 22.0 Å². The molecule has 1 atom stereocenters. The number of fused-ring (bicyclic) bond motifs is 4. The summed E-state index contributed by atoms with van der Waals surface area (Å²) in [5.41, 5.74) is 3.22. The lowest BCUT2D eigenvalue weighted by Crippen LogP contribution is -2.41. The quantitative estimate of drug-likeness (QED) is 0.269. The van der Waals surface area contributed by atoms with Crippen molar-refractivity contribution < 1.29 is 24.6 Å². The summed E-state index contributed by atoms with van der Waals surface area (Å²) in [5.74, 6) is -2.21. The first-order valence-electron chi connectivity index (χ1n) is 11.8. The number of H-pyrrole nitrogens is 1. The van der Waals surface area contributed by atoms with Gasteiger partial charge >= 0.3 is 11.9 Å². The minimum atomic E-state index is -1.23. The number of aliphatic carboxylic acids is 2. The molecule has 4 N–H and O–H groups in total. The highest BCUT2D eigenvalue weighted by atomic mass is 16.4. The Bertz CT molecular complexity index is 1640. The first-order chi connectivity index (χ1) is 17.7. The van der Waals surface area contributed by atoms with Crippen molar-refractivity contribution >= 4 is 45.2 Å². The highest BCUT2D eigenvalue weighted by Crippen LogP contribution is 2.29. The van der Waals surface area contributed by atoms with Crippen LogP contribution in [0.1, 0.15) is 40.2 Å². The summed E-state index contributed by atoms with van der Waals surface area (Å²) in [7, 11) is 0. The van der Waals surface area contributed by atoms with Crippen molar-refractivity contribution in [3.63, 3.8) is 0 Å². The van der Waals surface area contributed by atoms with Gasteiger partial charge in [-0.05, 0) is 65.6 Å². The van der Waals surface area contributed by atoms with Crippen molar-refractivity contribution in [3.8, 4) is 0 Å². The minimum Gasteiger partial charge on any atom is -0.481 e. The molecule has 2 heterocycles. The van der Waals surface area contributed by atoms with Gasteiger partial charge in [0.25, 0.3) is 11.5 Å². The monoisotopic (exact) mass is 500 g/mol. The fourth-order valence-corrected chi connectivity index (χ4v) is 4.81. The summed E-state index contributed by atoms with van der Waals surface area (Å²) in [6, 6.07) is 13.6. The van der Waals surface area contributed by atoms with E-state index in [9.17, 15) is 24.3 Å². The summed E-state index contributed by atoms with van der Waals surface area (Å²) in [6.45, 7) is 2.29. The van der Waals surface area contributed by atoms with Gasteiger partial charge in [-0.3, -0.25) is 14.4 Å². The average molecular weight is 501 g/mol. The Hall–Kier alpha value is -4.73. The smallest absolute Gasteiger partial charge is 0.326 e. The first-order valence-corrected chi connectivity index (χ1v) is 11.8. The van der Waals surface area contributed by atoms with Gasteiger partial charge in [0.2, 0.25) is 0 Å². The summed E-state index contributed by atoms with van der Waals surface area (Å²) >= 11 is 0. The zero-order valence-corrected chi connectivity index (χ0v) is 19.9. The predicted octanol–water partition coefficient (Wildman–Crippen LogP) is 3.27. The van der Waals surface area contributed by atoms with E-state index in [1.807, 2.05) is 30.3 Å².